The van der Waals surface area contributed by atoms with Crippen LogP contribution in [0.25, 0.3) is 38.8 Å². The van der Waals surface area contributed by atoms with Crippen LogP contribution in [0, 0.1) is 0 Å². The molecule has 16 nitrogen and oxygen atoms in total. The monoisotopic (exact) mass is 659 g/mol. The number of nitrogens with one attached hydrogen (secondary N) is 3. The van der Waals surface area contributed by atoms with Gasteiger partial charge >= 0.3 is 24.2 Å². The third-order valence-electron chi connectivity index (χ3n) is 7.91. The summed E-state index contributed by atoms with van der Waals surface area (Å²) in [5, 5.41) is 49.7. The Hall–Kier alpha value is -5.24. The van der Waals surface area contributed by atoms with Gasteiger partial charge in [-0.1, -0.05) is 6.58 Å². The Morgan fingerprint density at radius 3 is 2.57 bits per heavy atom. The molecule has 2 unspecified atom stereocenters. The minimum atomic E-state index is -4.71. The number of H-pyrrole nitrogens is 1. The molecule has 5 aromatic heterocycles. The summed E-state index contributed by atoms with van der Waals surface area (Å²) in [4.78, 5) is 37.1. The van der Waals surface area contributed by atoms with Gasteiger partial charge in [0.2, 0.25) is 0 Å². The van der Waals surface area contributed by atoms with Gasteiger partial charge in [0.05, 0.1) is 41.6 Å². The average molecular weight is 660 g/mol. The van der Waals surface area contributed by atoms with Crippen molar-refractivity contribution in [1.82, 2.24) is 39.2 Å². The number of methoxy groups -OCH3 is 1. The molecule has 1 aliphatic rings. The first-order valence-corrected chi connectivity index (χ1v) is 14.0. The van der Waals surface area contributed by atoms with Crippen molar-refractivity contribution in [2.45, 2.75) is 50.4 Å². The molecule has 0 radical (unpaired) electrons. The first-order chi connectivity index (χ1) is 22.0. The molecule has 1 fully saturated rings. The fourth-order valence-corrected chi connectivity index (χ4v) is 5.85. The average Bonchev–Trinajstić information content (AvgIpc) is 3.75. The maximum Gasteiger partial charge on any atom is 0.504 e. The van der Waals surface area contributed by atoms with Crippen molar-refractivity contribution in [3.63, 3.8) is 0 Å². The van der Waals surface area contributed by atoms with Crippen LogP contribution in [0.5, 0.6) is 0 Å². The second kappa shape index (κ2) is 10.9. The number of carbonyl (C=O) groups is 1. The molecule has 0 bridgehead atoms. The maximum absolute atomic E-state index is 13.5. The molecule has 19 heteroatoms. The predicted octanol–water partition coefficient (Wildman–Crippen LogP) is 2.51. The van der Waals surface area contributed by atoms with Crippen LogP contribution in [-0.2, 0) is 17.1 Å². The Labute approximate surface area is 261 Å². The SMILES string of the molecule is C=C(C)c1cc(Nc2cc3c(cn2)n(C(O)(O)O)c(=O)n3C2CCC(O)(NC(=O)OC)C2)nc2c(-c3cnn(C(F)(F)F)c3)c[nH]c12. The number of alkyl halides is 3. The van der Waals surface area contributed by atoms with Gasteiger partial charge in [0.15, 0.2) is 0 Å². The maximum atomic E-state index is 13.5. The number of allylic oxidation sites excluding steroid dienone is 1. The number of aromatic amines is 1. The summed E-state index contributed by atoms with van der Waals surface area (Å²) in [6, 6.07) is 2.22. The van der Waals surface area contributed by atoms with E-state index in [0.717, 1.165) is 30.3 Å². The molecule has 5 aromatic rings. The number of amides is 1. The molecule has 47 heavy (non-hydrogen) atoms. The van der Waals surface area contributed by atoms with Crippen LogP contribution in [0.15, 0.2) is 48.3 Å². The van der Waals surface area contributed by atoms with Crippen molar-refractivity contribution in [1.29, 1.82) is 0 Å². The number of aromatic nitrogens is 7. The fourth-order valence-electron chi connectivity index (χ4n) is 5.85. The van der Waals surface area contributed by atoms with E-state index in [2.05, 4.69) is 42.0 Å². The van der Waals surface area contributed by atoms with Crippen LogP contribution in [0.1, 0.15) is 37.8 Å². The van der Waals surface area contributed by atoms with E-state index in [-0.39, 0.29) is 52.2 Å². The lowest BCUT2D eigenvalue weighted by Crippen LogP contribution is -2.47. The van der Waals surface area contributed by atoms with Crippen LogP contribution < -0.4 is 16.3 Å². The highest BCUT2D eigenvalue weighted by Crippen LogP contribution is 2.38. The third-order valence-corrected chi connectivity index (χ3v) is 7.91. The number of nitrogens with zero attached hydrogens (tertiary/aromatic N) is 6. The van der Waals surface area contributed by atoms with E-state index in [1.165, 1.54) is 12.3 Å². The molecular formula is C28H28F3N9O7. The summed E-state index contributed by atoms with van der Waals surface area (Å²) >= 11 is 0. The molecule has 2 atom stereocenters. The van der Waals surface area contributed by atoms with E-state index in [9.17, 15) is 43.2 Å². The number of anilines is 2. The minimum Gasteiger partial charge on any atom is -0.453 e. The smallest absolute Gasteiger partial charge is 0.453 e. The molecule has 1 aliphatic carbocycles. The summed E-state index contributed by atoms with van der Waals surface area (Å²) in [5.41, 5.74) is -0.408. The number of ether oxygens (including phenoxy) is 1. The summed E-state index contributed by atoms with van der Waals surface area (Å²) in [6.07, 6.45) is -4.68. The number of halogens is 3. The number of hydrogen-bond acceptors (Lipinski definition) is 11. The van der Waals surface area contributed by atoms with Crippen molar-refractivity contribution < 1.29 is 43.1 Å². The highest BCUT2D eigenvalue weighted by molar-refractivity contribution is 5.99. The van der Waals surface area contributed by atoms with E-state index in [0.29, 0.717) is 32.3 Å². The first-order valence-electron chi connectivity index (χ1n) is 14.0. The number of alkyl carbamates (subject to hydrolysis) is 1. The van der Waals surface area contributed by atoms with Crippen LogP contribution in [0.2, 0.25) is 0 Å². The fraction of sp³-hybridized carbons (Fsp3) is 0.321. The molecule has 6 rings (SSSR count). The van der Waals surface area contributed by atoms with Gasteiger partial charge in [-0.3, -0.25) is 9.88 Å². The second-order valence-electron chi connectivity index (χ2n) is 11.2. The molecule has 0 aromatic carbocycles. The van der Waals surface area contributed by atoms with Crippen molar-refractivity contribution in [2.24, 2.45) is 0 Å². The largest absolute Gasteiger partial charge is 0.504 e. The number of carbonyl (C=O) groups excluding carboxylic acids is 1. The Morgan fingerprint density at radius 2 is 1.94 bits per heavy atom. The number of rotatable bonds is 7. The van der Waals surface area contributed by atoms with Gasteiger partial charge < -0.3 is 35.5 Å². The van der Waals surface area contributed by atoms with Crippen molar-refractivity contribution in [3.05, 3.63) is 59.5 Å². The molecule has 0 aliphatic heterocycles. The standard InChI is InChI=1S/C28H28F3N9O7/c1-13(2)16-6-21(36-23-17(10-33-22(16)23)14-9-34-38(12-14)27(29,30)31)35-20-7-18-19(11-32-20)40(28(44,45)46)25(42)39(18)15-4-5-26(43,8-15)37-24(41)47-3/h6-7,9-12,15,33,43-46H,1,4-5,8H2,2-3H3,(H,37,41)(H,32,35,36). The van der Waals surface area contributed by atoms with Gasteiger partial charge in [-0.2, -0.15) is 9.78 Å². The van der Waals surface area contributed by atoms with Crippen LogP contribution >= 0.6 is 0 Å². The zero-order chi connectivity index (χ0) is 34.1. The molecule has 0 saturated heterocycles. The van der Waals surface area contributed by atoms with E-state index in [4.69, 9.17) is 0 Å². The number of imidazole rings is 1. The Kier molecular flexibility index (Phi) is 7.38. The molecular weight excluding hydrogens is 631 g/mol. The quantitative estimate of drug-likeness (QED) is 0.126. The molecule has 1 saturated carbocycles. The summed E-state index contributed by atoms with van der Waals surface area (Å²) in [6.45, 7) is 5.72. The highest BCUT2D eigenvalue weighted by Gasteiger charge is 2.42. The van der Waals surface area contributed by atoms with Gasteiger partial charge in [0, 0.05) is 47.6 Å². The van der Waals surface area contributed by atoms with E-state index in [1.807, 2.05) is 0 Å². The zero-order valence-corrected chi connectivity index (χ0v) is 24.7. The number of aliphatic hydroxyl groups is 4. The molecule has 7 N–H and O–H groups in total. The molecule has 1 amide bonds. The Balaban J connectivity index is 1.43. The van der Waals surface area contributed by atoms with E-state index >= 15 is 0 Å². The van der Waals surface area contributed by atoms with Gasteiger partial charge in [-0.25, -0.2) is 24.1 Å². The second-order valence-corrected chi connectivity index (χ2v) is 11.2. The third kappa shape index (κ3) is 5.69. The Bertz CT molecular complexity index is 2110. The number of pyridine rings is 2. The van der Waals surface area contributed by atoms with Crippen LogP contribution in [-0.4, -0.2) is 73.2 Å². The first kappa shape index (κ1) is 31.7. The molecule has 5 heterocycles. The van der Waals surface area contributed by atoms with Crippen LogP contribution in [0.4, 0.5) is 29.6 Å². The minimum absolute atomic E-state index is 0.0269. The molecule has 248 valence electrons. The zero-order valence-electron chi connectivity index (χ0n) is 24.7. The number of fused-ring (bicyclic) bond motifs is 2. The van der Waals surface area contributed by atoms with Gasteiger partial charge in [-0.15, -0.1) is 13.2 Å². The highest BCUT2D eigenvalue weighted by atomic mass is 19.4. The summed E-state index contributed by atoms with van der Waals surface area (Å²) < 4.78 is 45.5. The number of hydrogen-bond donors (Lipinski definition) is 7. The lowest BCUT2D eigenvalue weighted by Gasteiger charge is -2.23. The lowest BCUT2D eigenvalue weighted by atomic mass is 10.1. The predicted molar refractivity (Wildman–Crippen MR) is 159 cm³/mol. The van der Waals surface area contributed by atoms with Crippen molar-refractivity contribution in [3.8, 4) is 11.1 Å². The molecule has 0 spiro atoms. The van der Waals surface area contributed by atoms with Gasteiger partial charge in [-0.05, 0) is 31.4 Å². The normalized spacial score (nSPS) is 18.6. The van der Waals surface area contributed by atoms with Crippen molar-refractivity contribution in [2.75, 3.05) is 12.4 Å². The van der Waals surface area contributed by atoms with Gasteiger partial charge in [0.1, 0.15) is 17.4 Å². The van der Waals surface area contributed by atoms with Crippen LogP contribution in [0.3, 0.4) is 0 Å². The topological polar surface area (TPSA) is 218 Å². The summed E-state index contributed by atoms with van der Waals surface area (Å²) in [5.74, 6) is 0.295. The van der Waals surface area contributed by atoms with E-state index in [1.54, 1.807) is 13.0 Å². The lowest BCUT2D eigenvalue weighted by molar-refractivity contribution is -0.374. The Morgan fingerprint density at radius 1 is 1.19 bits per heavy atom. The van der Waals surface area contributed by atoms with E-state index < -0.39 is 35.9 Å². The summed E-state index contributed by atoms with van der Waals surface area (Å²) in [7, 11) is 1.12. The van der Waals surface area contributed by atoms with Gasteiger partial charge in [0.25, 0.3) is 0 Å². The van der Waals surface area contributed by atoms with Crippen molar-refractivity contribution >= 4 is 45.4 Å².